The van der Waals surface area contributed by atoms with Crippen molar-refractivity contribution in [1.82, 2.24) is 10.2 Å². The van der Waals surface area contributed by atoms with Gasteiger partial charge in [0, 0.05) is 12.8 Å². The Morgan fingerprint density at radius 3 is 2.58 bits per heavy atom. The molecule has 5 nitrogen and oxygen atoms in total. The number of nitrogens with zero attached hydrogens (tertiary/aromatic N) is 1. The van der Waals surface area contributed by atoms with Gasteiger partial charge in [-0.3, -0.25) is 4.79 Å². The quantitative estimate of drug-likeness (QED) is 0.835. The number of rotatable bonds is 3. The first kappa shape index (κ1) is 15.1. The van der Waals surface area contributed by atoms with Crippen LogP contribution in [0.15, 0.2) is 42.5 Å². The Kier molecular flexibility index (Phi) is 3.53. The normalized spacial score (nSPS) is 24.8. The lowest BCUT2D eigenvalue weighted by Crippen LogP contribution is -3.11. The summed E-state index contributed by atoms with van der Waals surface area (Å²) in [6, 6.07) is 13.6. The second-order valence-corrected chi connectivity index (χ2v) is 6.93. The molecule has 5 heteroatoms. The average Bonchev–Trinajstić information content (AvgIpc) is 3.18. The zero-order valence-electron chi connectivity index (χ0n) is 13.8. The molecule has 1 atom stereocenters. The number of amides is 3. The maximum Gasteiger partial charge on any atom is 0.329 e. The van der Waals surface area contributed by atoms with Gasteiger partial charge in [-0.2, -0.15) is 0 Å². The van der Waals surface area contributed by atoms with Gasteiger partial charge in [0.2, 0.25) is 0 Å². The minimum absolute atomic E-state index is 0.150. The van der Waals surface area contributed by atoms with Crippen LogP contribution in [0.2, 0.25) is 0 Å². The molecule has 0 unspecified atom stereocenters. The fourth-order valence-corrected chi connectivity index (χ4v) is 3.94. The summed E-state index contributed by atoms with van der Waals surface area (Å²) in [4.78, 5) is 28.3. The van der Waals surface area contributed by atoms with E-state index in [1.165, 1.54) is 22.6 Å². The molecule has 2 aromatic rings. The van der Waals surface area contributed by atoms with Gasteiger partial charge in [0.25, 0.3) is 5.91 Å². The van der Waals surface area contributed by atoms with Crippen molar-refractivity contribution >= 4 is 22.7 Å². The summed E-state index contributed by atoms with van der Waals surface area (Å²) in [5.74, 6) is -0.150. The van der Waals surface area contributed by atoms with Gasteiger partial charge in [0.15, 0.2) is 6.67 Å². The van der Waals surface area contributed by atoms with Crippen LogP contribution in [0.4, 0.5) is 4.79 Å². The van der Waals surface area contributed by atoms with Gasteiger partial charge < -0.3 is 10.2 Å². The van der Waals surface area contributed by atoms with Gasteiger partial charge in [0.05, 0.1) is 13.1 Å². The highest BCUT2D eigenvalue weighted by molar-refractivity contribution is 6.09. The standard InChI is InChI=1S/C19H21N3O2/c1-19(16-10-6-8-14-7-2-3-9-15(14)16)17(23)22(18(24)20-19)13-21-11-4-5-12-21/h2-3,6-10H,4-5,11-13H2,1H3,(H,20,24)/p+1/t19-/m1/s1. The Morgan fingerprint density at radius 1 is 1.08 bits per heavy atom. The number of fused-ring (bicyclic) bond motifs is 1. The molecule has 0 radical (unpaired) electrons. The van der Waals surface area contributed by atoms with E-state index in [1.54, 1.807) is 0 Å². The highest BCUT2D eigenvalue weighted by Gasteiger charge is 2.50. The molecule has 3 amide bonds. The third-order valence-electron chi connectivity index (χ3n) is 5.30. The lowest BCUT2D eigenvalue weighted by atomic mass is 9.88. The molecule has 124 valence electrons. The summed E-state index contributed by atoms with van der Waals surface area (Å²) in [6.45, 7) is 4.34. The average molecular weight is 324 g/mol. The van der Waals surface area contributed by atoms with Crippen LogP contribution in [-0.2, 0) is 10.3 Å². The van der Waals surface area contributed by atoms with Crippen LogP contribution in [0.25, 0.3) is 10.8 Å². The van der Waals surface area contributed by atoms with Crippen molar-refractivity contribution in [3.05, 3.63) is 48.0 Å². The molecule has 2 N–H and O–H groups in total. The maximum atomic E-state index is 13.1. The molecule has 0 saturated carbocycles. The second-order valence-electron chi connectivity index (χ2n) is 6.93. The van der Waals surface area contributed by atoms with E-state index < -0.39 is 5.54 Å². The van der Waals surface area contributed by atoms with Gasteiger partial charge in [-0.15, -0.1) is 0 Å². The van der Waals surface area contributed by atoms with Gasteiger partial charge in [-0.1, -0.05) is 42.5 Å². The summed E-state index contributed by atoms with van der Waals surface area (Å²) in [5, 5.41) is 5.01. The lowest BCUT2D eigenvalue weighted by Gasteiger charge is -2.24. The van der Waals surface area contributed by atoms with E-state index >= 15 is 0 Å². The number of hydrogen-bond acceptors (Lipinski definition) is 2. The Hall–Kier alpha value is -2.40. The fraction of sp³-hybridized carbons (Fsp3) is 0.368. The number of benzene rings is 2. The molecule has 2 aromatic carbocycles. The van der Waals surface area contributed by atoms with E-state index in [0.29, 0.717) is 6.67 Å². The van der Waals surface area contributed by atoms with Crippen molar-refractivity contribution < 1.29 is 14.5 Å². The number of imide groups is 1. The summed E-state index contributed by atoms with van der Waals surface area (Å²) < 4.78 is 0. The molecule has 0 spiro atoms. The third-order valence-corrected chi connectivity index (χ3v) is 5.30. The Bertz CT molecular complexity index is 808. The summed E-state index contributed by atoms with van der Waals surface area (Å²) in [7, 11) is 0. The predicted octanol–water partition coefficient (Wildman–Crippen LogP) is 1.24. The van der Waals surface area contributed by atoms with Crippen molar-refractivity contribution in [2.24, 2.45) is 0 Å². The molecular weight excluding hydrogens is 302 g/mol. The molecule has 2 fully saturated rings. The van der Waals surface area contributed by atoms with E-state index in [1.807, 2.05) is 49.4 Å². The summed E-state index contributed by atoms with van der Waals surface area (Å²) in [6.07, 6.45) is 2.33. The summed E-state index contributed by atoms with van der Waals surface area (Å²) >= 11 is 0. The van der Waals surface area contributed by atoms with E-state index in [2.05, 4.69) is 5.32 Å². The molecular formula is C19H22N3O2+. The van der Waals surface area contributed by atoms with Crippen molar-refractivity contribution in [2.75, 3.05) is 19.8 Å². The van der Waals surface area contributed by atoms with Crippen LogP contribution in [0.1, 0.15) is 25.3 Å². The number of carbonyl (C=O) groups excluding carboxylic acids is 2. The molecule has 2 aliphatic rings. The highest BCUT2D eigenvalue weighted by Crippen LogP contribution is 2.33. The predicted molar refractivity (Wildman–Crippen MR) is 91.5 cm³/mol. The largest absolute Gasteiger partial charge is 0.329 e. The number of quaternary nitrogens is 1. The number of carbonyl (C=O) groups is 2. The van der Waals surface area contributed by atoms with Gasteiger partial charge in [0.1, 0.15) is 5.54 Å². The lowest BCUT2D eigenvalue weighted by molar-refractivity contribution is -0.894. The Balaban J connectivity index is 1.71. The minimum atomic E-state index is -1.00. The van der Waals surface area contributed by atoms with Crippen molar-refractivity contribution in [3.63, 3.8) is 0 Å². The number of likely N-dealkylation sites (tertiary alicyclic amines) is 1. The first-order valence-electron chi connectivity index (χ1n) is 8.55. The van der Waals surface area contributed by atoms with Crippen LogP contribution in [-0.4, -0.2) is 36.6 Å². The third kappa shape index (κ3) is 2.27. The minimum Gasteiger partial charge on any atom is -0.319 e. The zero-order valence-corrected chi connectivity index (χ0v) is 13.8. The number of hydrogen-bond donors (Lipinski definition) is 2. The Morgan fingerprint density at radius 2 is 1.79 bits per heavy atom. The smallest absolute Gasteiger partial charge is 0.319 e. The highest BCUT2D eigenvalue weighted by atomic mass is 16.2. The maximum absolute atomic E-state index is 13.1. The molecule has 2 aliphatic heterocycles. The zero-order chi connectivity index (χ0) is 16.7. The van der Waals surface area contributed by atoms with Gasteiger partial charge >= 0.3 is 6.03 Å². The van der Waals surface area contributed by atoms with Crippen LogP contribution in [0.5, 0.6) is 0 Å². The molecule has 2 saturated heterocycles. The van der Waals surface area contributed by atoms with E-state index in [-0.39, 0.29) is 11.9 Å². The van der Waals surface area contributed by atoms with Crippen molar-refractivity contribution in [1.29, 1.82) is 0 Å². The second kappa shape index (κ2) is 5.60. The monoisotopic (exact) mass is 324 g/mol. The Labute approximate surface area is 141 Å². The molecule has 0 aliphatic carbocycles. The van der Waals surface area contributed by atoms with Crippen LogP contribution < -0.4 is 10.2 Å². The van der Waals surface area contributed by atoms with Crippen molar-refractivity contribution in [3.8, 4) is 0 Å². The van der Waals surface area contributed by atoms with Gasteiger partial charge in [-0.25, -0.2) is 9.69 Å². The fourth-order valence-electron chi connectivity index (χ4n) is 3.94. The number of nitrogens with one attached hydrogen (secondary N) is 2. The van der Waals surface area contributed by atoms with Crippen LogP contribution >= 0.6 is 0 Å². The topological polar surface area (TPSA) is 53.9 Å². The summed E-state index contributed by atoms with van der Waals surface area (Å²) in [5.41, 5.74) is -0.144. The van der Waals surface area contributed by atoms with Crippen molar-refractivity contribution in [2.45, 2.75) is 25.3 Å². The van der Waals surface area contributed by atoms with Crippen LogP contribution in [0, 0.1) is 0 Å². The SMILES string of the molecule is C[C@]1(c2cccc3ccccc23)NC(=O)N(C[NH+]2CCCC2)C1=O. The molecule has 4 rings (SSSR count). The van der Waals surface area contributed by atoms with Crippen LogP contribution in [0.3, 0.4) is 0 Å². The van der Waals surface area contributed by atoms with E-state index in [4.69, 9.17) is 0 Å². The first-order valence-corrected chi connectivity index (χ1v) is 8.55. The molecule has 0 bridgehead atoms. The molecule has 24 heavy (non-hydrogen) atoms. The molecule has 0 aromatic heterocycles. The van der Waals surface area contributed by atoms with Gasteiger partial charge in [-0.05, 0) is 23.3 Å². The first-order chi connectivity index (χ1) is 11.6. The number of urea groups is 1. The van der Waals surface area contributed by atoms with E-state index in [9.17, 15) is 9.59 Å². The van der Waals surface area contributed by atoms with E-state index in [0.717, 1.165) is 29.4 Å². The molecule has 2 heterocycles.